The van der Waals surface area contributed by atoms with Crippen LogP contribution in [0.25, 0.3) is 0 Å². The molecule has 0 amide bonds. The zero-order valence-corrected chi connectivity index (χ0v) is 12.8. The van der Waals surface area contributed by atoms with E-state index in [-0.39, 0.29) is 22.3 Å². The van der Waals surface area contributed by atoms with Gasteiger partial charge in [-0.3, -0.25) is 0 Å². The second kappa shape index (κ2) is 6.46. The maximum atomic E-state index is 11.7. The molecule has 0 aromatic heterocycles. The van der Waals surface area contributed by atoms with Crippen molar-refractivity contribution in [2.45, 2.75) is 39.4 Å². The van der Waals surface area contributed by atoms with Crippen LogP contribution in [0.5, 0.6) is 0 Å². The molecule has 0 saturated carbocycles. The van der Waals surface area contributed by atoms with Crippen molar-refractivity contribution in [3.8, 4) is 0 Å². The summed E-state index contributed by atoms with van der Waals surface area (Å²) in [7, 11) is -3.00. The maximum Gasteiger partial charge on any atom is 0.152 e. The van der Waals surface area contributed by atoms with E-state index in [0.29, 0.717) is 18.2 Å². The highest BCUT2D eigenvalue weighted by atomic mass is 35.5. The van der Waals surface area contributed by atoms with Crippen molar-refractivity contribution in [2.24, 2.45) is 11.3 Å². The Balaban J connectivity index is 4.69. The molecule has 0 heterocycles. The third kappa shape index (κ3) is 4.08. The fourth-order valence-corrected chi connectivity index (χ4v) is 3.68. The van der Waals surface area contributed by atoms with Crippen LogP contribution in [-0.2, 0) is 9.84 Å². The average molecular weight is 289 g/mol. The molecule has 0 aromatic carbocycles. The standard InChI is InChI=1S/C11H22Cl2O2S/c1-9(2)11(7-12,8-13)5-6-16(14,15)10(3)4/h9-10H,5-8H2,1-4H3. The van der Waals surface area contributed by atoms with Gasteiger partial charge in [0.15, 0.2) is 9.84 Å². The monoisotopic (exact) mass is 288 g/mol. The second-order valence-electron chi connectivity index (χ2n) is 4.95. The first-order valence-electron chi connectivity index (χ1n) is 5.55. The van der Waals surface area contributed by atoms with Crippen molar-refractivity contribution < 1.29 is 8.42 Å². The lowest BCUT2D eigenvalue weighted by Gasteiger charge is -2.34. The van der Waals surface area contributed by atoms with Gasteiger partial charge < -0.3 is 0 Å². The SMILES string of the molecule is CC(C)C(CCl)(CCl)CCS(=O)(=O)C(C)C. The van der Waals surface area contributed by atoms with Gasteiger partial charge in [0, 0.05) is 17.2 Å². The van der Waals surface area contributed by atoms with Crippen molar-refractivity contribution in [2.75, 3.05) is 17.5 Å². The summed E-state index contributed by atoms with van der Waals surface area (Å²) in [6.07, 6.45) is 0.540. The van der Waals surface area contributed by atoms with Crippen molar-refractivity contribution >= 4 is 33.0 Å². The molecule has 0 spiro atoms. The Morgan fingerprint density at radius 2 is 1.50 bits per heavy atom. The first-order chi connectivity index (χ1) is 7.22. The Hall–Kier alpha value is 0.530. The largest absolute Gasteiger partial charge is 0.229 e. The quantitative estimate of drug-likeness (QED) is 0.674. The van der Waals surface area contributed by atoms with E-state index in [1.165, 1.54) is 0 Å². The molecule has 16 heavy (non-hydrogen) atoms. The van der Waals surface area contributed by atoms with E-state index in [1.54, 1.807) is 13.8 Å². The second-order valence-corrected chi connectivity index (χ2v) is 8.16. The van der Waals surface area contributed by atoms with Crippen molar-refractivity contribution in [3.63, 3.8) is 0 Å². The molecule has 0 bridgehead atoms. The van der Waals surface area contributed by atoms with Crippen LogP contribution >= 0.6 is 23.2 Å². The molecule has 0 unspecified atom stereocenters. The average Bonchev–Trinajstić information content (AvgIpc) is 2.19. The molecular formula is C11H22Cl2O2S. The summed E-state index contributed by atoms with van der Waals surface area (Å²) < 4.78 is 23.5. The van der Waals surface area contributed by atoms with E-state index >= 15 is 0 Å². The van der Waals surface area contributed by atoms with Gasteiger partial charge >= 0.3 is 0 Å². The molecule has 0 atom stereocenters. The van der Waals surface area contributed by atoms with E-state index in [4.69, 9.17) is 23.2 Å². The van der Waals surface area contributed by atoms with E-state index in [2.05, 4.69) is 0 Å². The number of sulfone groups is 1. The van der Waals surface area contributed by atoms with E-state index in [9.17, 15) is 8.42 Å². The van der Waals surface area contributed by atoms with Gasteiger partial charge in [-0.2, -0.15) is 0 Å². The third-order valence-electron chi connectivity index (χ3n) is 3.36. The molecular weight excluding hydrogens is 267 g/mol. The molecule has 98 valence electrons. The molecule has 0 aliphatic carbocycles. The lowest BCUT2D eigenvalue weighted by molar-refractivity contribution is 0.251. The minimum absolute atomic E-state index is 0.169. The number of hydrogen-bond donors (Lipinski definition) is 0. The first kappa shape index (κ1) is 16.5. The summed E-state index contributed by atoms with van der Waals surface area (Å²) in [6, 6.07) is 0. The van der Waals surface area contributed by atoms with Gasteiger partial charge in [-0.15, -0.1) is 23.2 Å². The molecule has 0 rings (SSSR count). The fraction of sp³-hybridized carbons (Fsp3) is 1.00. The van der Waals surface area contributed by atoms with Gasteiger partial charge in [-0.1, -0.05) is 13.8 Å². The zero-order valence-electron chi connectivity index (χ0n) is 10.5. The summed E-state index contributed by atoms with van der Waals surface area (Å²) in [4.78, 5) is 0. The predicted molar refractivity (Wildman–Crippen MR) is 72.3 cm³/mol. The van der Waals surface area contributed by atoms with Crippen LogP contribution in [-0.4, -0.2) is 31.2 Å². The Bertz CT molecular complexity index is 293. The van der Waals surface area contributed by atoms with Crippen LogP contribution in [0.4, 0.5) is 0 Å². The fourth-order valence-electron chi connectivity index (χ4n) is 1.35. The van der Waals surface area contributed by atoms with Crippen LogP contribution in [0.15, 0.2) is 0 Å². The van der Waals surface area contributed by atoms with Gasteiger partial charge in [-0.05, 0) is 26.2 Å². The minimum Gasteiger partial charge on any atom is -0.229 e. The molecule has 0 aromatic rings. The van der Waals surface area contributed by atoms with Crippen LogP contribution in [0, 0.1) is 11.3 Å². The summed E-state index contributed by atoms with van der Waals surface area (Å²) in [5.74, 6) is 1.26. The predicted octanol–water partition coefficient (Wildman–Crippen LogP) is 3.32. The number of rotatable bonds is 7. The van der Waals surface area contributed by atoms with Crippen molar-refractivity contribution in [3.05, 3.63) is 0 Å². The molecule has 0 fully saturated rings. The van der Waals surface area contributed by atoms with Crippen molar-refractivity contribution in [1.29, 1.82) is 0 Å². The molecule has 5 heteroatoms. The van der Waals surface area contributed by atoms with E-state index in [0.717, 1.165) is 0 Å². The van der Waals surface area contributed by atoms with Gasteiger partial charge in [0.05, 0.1) is 11.0 Å². The Labute approximate surface area is 110 Å². The maximum absolute atomic E-state index is 11.7. The lowest BCUT2D eigenvalue weighted by atomic mass is 9.78. The molecule has 0 N–H and O–H groups in total. The third-order valence-corrected chi connectivity index (χ3v) is 6.63. The van der Waals surface area contributed by atoms with Gasteiger partial charge in [-0.25, -0.2) is 8.42 Å². The first-order valence-corrected chi connectivity index (χ1v) is 8.34. The minimum atomic E-state index is -3.00. The summed E-state index contributed by atoms with van der Waals surface area (Å²) in [5, 5.41) is -0.331. The lowest BCUT2D eigenvalue weighted by Crippen LogP contribution is -2.34. The molecule has 0 radical (unpaired) electrons. The van der Waals surface area contributed by atoms with Gasteiger partial charge in [0.2, 0.25) is 0 Å². The number of alkyl halides is 2. The normalized spacial score (nSPS) is 13.8. The van der Waals surface area contributed by atoms with Crippen molar-refractivity contribution in [1.82, 2.24) is 0 Å². The number of halogens is 2. The topological polar surface area (TPSA) is 34.1 Å². The van der Waals surface area contributed by atoms with Gasteiger partial charge in [0.1, 0.15) is 0 Å². The van der Waals surface area contributed by atoms with Crippen LogP contribution in [0.3, 0.4) is 0 Å². The number of hydrogen-bond acceptors (Lipinski definition) is 2. The highest BCUT2D eigenvalue weighted by Gasteiger charge is 2.34. The Kier molecular flexibility index (Phi) is 6.67. The smallest absolute Gasteiger partial charge is 0.152 e. The highest BCUT2D eigenvalue weighted by molar-refractivity contribution is 7.91. The summed E-state index contributed by atoms with van der Waals surface area (Å²) in [5.41, 5.74) is -0.273. The van der Waals surface area contributed by atoms with E-state index < -0.39 is 9.84 Å². The molecule has 0 saturated heterocycles. The zero-order chi connectivity index (χ0) is 13.0. The Morgan fingerprint density at radius 1 is 1.06 bits per heavy atom. The highest BCUT2D eigenvalue weighted by Crippen LogP contribution is 2.35. The Morgan fingerprint density at radius 3 is 1.75 bits per heavy atom. The van der Waals surface area contributed by atoms with E-state index in [1.807, 2.05) is 13.8 Å². The summed E-state index contributed by atoms with van der Waals surface area (Å²) >= 11 is 11.9. The van der Waals surface area contributed by atoms with Crippen LogP contribution < -0.4 is 0 Å². The summed E-state index contributed by atoms with van der Waals surface area (Å²) in [6.45, 7) is 7.47. The van der Waals surface area contributed by atoms with Crippen LogP contribution in [0.1, 0.15) is 34.1 Å². The molecule has 0 aliphatic heterocycles. The molecule has 0 aliphatic rings. The molecule has 2 nitrogen and oxygen atoms in total. The van der Waals surface area contributed by atoms with Crippen LogP contribution in [0.2, 0.25) is 0 Å². The van der Waals surface area contributed by atoms with Gasteiger partial charge in [0.25, 0.3) is 0 Å².